The summed E-state index contributed by atoms with van der Waals surface area (Å²) in [5.41, 5.74) is -1.50. The van der Waals surface area contributed by atoms with Crippen LogP contribution in [-0.2, 0) is 0 Å². The normalized spacial score (nSPS) is 10.4. The number of ketones is 1. The zero-order valence-corrected chi connectivity index (χ0v) is 12.3. The molecule has 0 aliphatic rings. The van der Waals surface area contributed by atoms with E-state index in [1.807, 2.05) is 0 Å². The maximum atomic E-state index is 12.0. The van der Waals surface area contributed by atoms with E-state index in [1.54, 1.807) is 6.07 Å². The number of hydrogen-bond acceptors (Lipinski definition) is 7. The molecule has 1 heterocycles. The van der Waals surface area contributed by atoms with E-state index in [2.05, 4.69) is 0 Å². The van der Waals surface area contributed by atoms with E-state index in [-0.39, 0.29) is 17.2 Å². The summed E-state index contributed by atoms with van der Waals surface area (Å²) in [5.74, 6) is -1.16. The zero-order chi connectivity index (χ0) is 16.3. The summed E-state index contributed by atoms with van der Waals surface area (Å²) < 4.78 is 4.77. The lowest BCUT2D eigenvalue weighted by molar-refractivity contribution is -0.387. The van der Waals surface area contributed by atoms with E-state index in [9.17, 15) is 24.8 Å². The average molecular weight is 321 g/mol. The second-order valence-corrected chi connectivity index (χ2v) is 5.36. The van der Waals surface area contributed by atoms with Crippen LogP contribution in [-0.4, -0.2) is 21.6 Å². The Hall–Kier alpha value is -2.61. The zero-order valence-electron chi connectivity index (χ0n) is 11.4. The van der Waals surface area contributed by atoms with Crippen molar-refractivity contribution in [1.82, 2.24) is 0 Å². The van der Waals surface area contributed by atoms with Crippen LogP contribution in [0.25, 0.3) is 0 Å². The van der Waals surface area contributed by atoms with Crippen molar-refractivity contribution in [3.63, 3.8) is 0 Å². The molecule has 0 saturated heterocycles. The maximum absolute atomic E-state index is 12.0. The van der Waals surface area contributed by atoms with Gasteiger partial charge < -0.3 is 9.52 Å². The maximum Gasteiger partial charge on any atom is 0.350 e. The van der Waals surface area contributed by atoms with Gasteiger partial charge in [-0.2, -0.15) is 0 Å². The molecule has 0 radical (unpaired) electrons. The first-order valence-corrected chi connectivity index (χ1v) is 7.12. The Morgan fingerprint density at radius 1 is 1.41 bits per heavy atom. The van der Waals surface area contributed by atoms with Crippen LogP contribution in [0.15, 0.2) is 44.4 Å². The average Bonchev–Trinajstić information content (AvgIpc) is 2.44. The smallest absolute Gasteiger partial charge is 0.350 e. The Morgan fingerprint density at radius 3 is 2.73 bits per heavy atom. The first-order valence-electron chi connectivity index (χ1n) is 6.13. The standard InChI is InChI=1S/C14H11NO6S/c1-8-6-10(16)13(14(18)21-8)11(17)7-22-12-5-3-2-4-9(12)15(19)20/h2-6,16H,7H2,1H3. The fourth-order valence-corrected chi connectivity index (χ4v) is 2.69. The van der Waals surface area contributed by atoms with Crippen molar-refractivity contribution in [1.29, 1.82) is 0 Å². The van der Waals surface area contributed by atoms with Crippen LogP contribution < -0.4 is 5.63 Å². The number of hydrogen-bond donors (Lipinski definition) is 1. The molecule has 1 N–H and O–H groups in total. The van der Waals surface area contributed by atoms with Gasteiger partial charge in [-0.05, 0) is 13.0 Å². The minimum atomic E-state index is -0.925. The fraction of sp³-hybridized carbons (Fsp3) is 0.143. The molecule has 8 heteroatoms. The summed E-state index contributed by atoms with van der Waals surface area (Å²) in [6.45, 7) is 1.47. The first kappa shape index (κ1) is 15.8. The van der Waals surface area contributed by atoms with Crippen LogP contribution in [0.1, 0.15) is 16.1 Å². The molecule has 0 aliphatic heterocycles. The largest absolute Gasteiger partial charge is 0.507 e. The molecule has 2 aromatic rings. The van der Waals surface area contributed by atoms with Gasteiger partial charge in [0.25, 0.3) is 5.69 Å². The topological polar surface area (TPSA) is 111 Å². The molecule has 0 unspecified atom stereocenters. The Morgan fingerprint density at radius 2 is 2.09 bits per heavy atom. The molecule has 7 nitrogen and oxygen atoms in total. The van der Waals surface area contributed by atoms with Crippen molar-refractivity contribution in [2.75, 3.05) is 5.75 Å². The highest BCUT2D eigenvalue weighted by Gasteiger charge is 2.20. The van der Waals surface area contributed by atoms with Crippen LogP contribution in [0.3, 0.4) is 0 Å². The van der Waals surface area contributed by atoms with Gasteiger partial charge in [-0.25, -0.2) is 4.79 Å². The summed E-state index contributed by atoms with van der Waals surface area (Å²) in [6, 6.07) is 7.13. The summed E-state index contributed by atoms with van der Waals surface area (Å²) in [5, 5.41) is 20.6. The molecular weight excluding hydrogens is 310 g/mol. The third-order valence-electron chi connectivity index (χ3n) is 2.75. The SMILES string of the molecule is Cc1cc(O)c(C(=O)CSc2ccccc2[N+](=O)[O-])c(=O)o1. The molecule has 1 aromatic carbocycles. The van der Waals surface area contributed by atoms with Crippen LogP contribution >= 0.6 is 11.8 Å². The fourth-order valence-electron chi connectivity index (χ4n) is 1.80. The predicted octanol–water partition coefficient (Wildman–Crippen LogP) is 2.54. The van der Waals surface area contributed by atoms with Crippen LogP contribution in [0.4, 0.5) is 5.69 Å². The molecule has 0 saturated carbocycles. The Balaban J connectivity index is 2.22. The van der Waals surface area contributed by atoms with E-state index in [1.165, 1.54) is 31.2 Å². The highest BCUT2D eigenvalue weighted by atomic mass is 32.2. The van der Waals surface area contributed by atoms with Gasteiger partial charge in [-0.3, -0.25) is 14.9 Å². The molecule has 0 aliphatic carbocycles. The van der Waals surface area contributed by atoms with Gasteiger partial charge in [0.2, 0.25) is 0 Å². The quantitative estimate of drug-likeness (QED) is 0.390. The minimum Gasteiger partial charge on any atom is -0.507 e. The van der Waals surface area contributed by atoms with Gasteiger partial charge in [0.1, 0.15) is 17.1 Å². The second-order valence-electron chi connectivity index (χ2n) is 4.34. The summed E-state index contributed by atoms with van der Waals surface area (Å²) in [4.78, 5) is 34.3. The number of nitrogens with zero attached hydrogens (tertiary/aromatic N) is 1. The van der Waals surface area contributed by atoms with Crippen molar-refractivity contribution in [3.8, 4) is 5.75 Å². The third kappa shape index (κ3) is 3.34. The van der Waals surface area contributed by atoms with E-state index >= 15 is 0 Å². The van der Waals surface area contributed by atoms with E-state index in [0.29, 0.717) is 4.90 Å². The van der Waals surface area contributed by atoms with Crippen molar-refractivity contribution < 1.29 is 19.2 Å². The van der Waals surface area contributed by atoms with Crippen molar-refractivity contribution in [2.24, 2.45) is 0 Å². The van der Waals surface area contributed by atoms with E-state index < -0.39 is 27.6 Å². The molecule has 0 spiro atoms. The molecule has 22 heavy (non-hydrogen) atoms. The van der Waals surface area contributed by atoms with Crippen molar-refractivity contribution in [3.05, 3.63) is 62.2 Å². The number of aryl methyl sites for hydroxylation is 1. The van der Waals surface area contributed by atoms with Gasteiger partial charge in [-0.15, -0.1) is 11.8 Å². The lowest BCUT2D eigenvalue weighted by Gasteiger charge is -2.04. The Bertz CT molecular complexity index is 798. The number of carbonyl (C=O) groups is 1. The molecule has 0 amide bonds. The van der Waals surface area contributed by atoms with Gasteiger partial charge >= 0.3 is 5.63 Å². The summed E-state index contributed by atoms with van der Waals surface area (Å²) in [7, 11) is 0. The molecule has 1 aromatic heterocycles. The van der Waals surface area contributed by atoms with Gasteiger partial charge in [0, 0.05) is 12.1 Å². The summed E-state index contributed by atoms with van der Waals surface area (Å²) >= 11 is 0.917. The van der Waals surface area contributed by atoms with Crippen molar-refractivity contribution >= 4 is 23.2 Å². The highest BCUT2D eigenvalue weighted by Crippen LogP contribution is 2.29. The molecule has 0 bridgehead atoms. The lowest BCUT2D eigenvalue weighted by atomic mass is 10.2. The molecule has 0 atom stereocenters. The molecule has 114 valence electrons. The number of carbonyl (C=O) groups excluding carboxylic acids is 1. The van der Waals surface area contributed by atoms with E-state index in [0.717, 1.165) is 11.8 Å². The second kappa shape index (κ2) is 6.44. The van der Waals surface area contributed by atoms with Gasteiger partial charge in [0.05, 0.1) is 15.6 Å². The van der Waals surface area contributed by atoms with Crippen LogP contribution in [0.2, 0.25) is 0 Å². The number of nitro groups is 1. The van der Waals surface area contributed by atoms with Crippen LogP contribution in [0.5, 0.6) is 5.75 Å². The Kier molecular flexibility index (Phi) is 4.62. The molecule has 0 fully saturated rings. The number of benzene rings is 1. The Labute approximate surface area is 128 Å². The van der Waals surface area contributed by atoms with E-state index in [4.69, 9.17) is 4.42 Å². The predicted molar refractivity (Wildman–Crippen MR) is 79.5 cm³/mol. The van der Waals surface area contributed by atoms with Crippen LogP contribution in [0, 0.1) is 17.0 Å². The number of para-hydroxylation sites is 1. The third-order valence-corrected chi connectivity index (χ3v) is 3.82. The number of nitro benzene ring substituents is 1. The number of Topliss-reactive ketones (excluding diaryl/α,β-unsaturated/α-hetero) is 1. The lowest BCUT2D eigenvalue weighted by Crippen LogP contribution is -2.16. The number of thioether (sulfide) groups is 1. The monoisotopic (exact) mass is 321 g/mol. The summed E-state index contributed by atoms with van der Waals surface area (Å²) in [6.07, 6.45) is 0. The minimum absolute atomic E-state index is 0.125. The number of rotatable bonds is 5. The van der Waals surface area contributed by atoms with Gasteiger partial charge in [0.15, 0.2) is 5.78 Å². The van der Waals surface area contributed by atoms with Gasteiger partial charge in [-0.1, -0.05) is 12.1 Å². The van der Waals surface area contributed by atoms with Crippen molar-refractivity contribution in [2.45, 2.75) is 11.8 Å². The number of aromatic hydroxyl groups is 1. The molecule has 2 rings (SSSR count). The molecular formula is C14H11NO6S. The highest BCUT2D eigenvalue weighted by molar-refractivity contribution is 8.00. The first-order chi connectivity index (χ1) is 10.4.